The summed E-state index contributed by atoms with van der Waals surface area (Å²) in [4.78, 5) is 23.0. The minimum Gasteiger partial charge on any atom is -0.462 e. The molecule has 0 N–H and O–H groups in total. The molecular formula is C14H17O4. The molecule has 97 valence electrons. The molecule has 1 radical (unpaired) electrons. The van der Waals surface area contributed by atoms with Crippen molar-refractivity contribution in [2.75, 3.05) is 0 Å². The number of esters is 2. The van der Waals surface area contributed by atoms with E-state index in [1.807, 2.05) is 30.3 Å². The molecule has 4 nitrogen and oxygen atoms in total. The van der Waals surface area contributed by atoms with Crippen LogP contribution in [0.2, 0.25) is 0 Å². The molecule has 0 aliphatic carbocycles. The molecule has 0 saturated heterocycles. The maximum absolute atomic E-state index is 11.6. The topological polar surface area (TPSA) is 52.6 Å². The molecule has 18 heavy (non-hydrogen) atoms. The molecule has 0 unspecified atom stereocenters. The Morgan fingerprint density at radius 1 is 1.22 bits per heavy atom. The number of benzene rings is 1. The van der Waals surface area contributed by atoms with E-state index in [-0.39, 0.29) is 13.0 Å². The Morgan fingerprint density at radius 2 is 1.83 bits per heavy atom. The minimum atomic E-state index is -0.921. The summed E-state index contributed by atoms with van der Waals surface area (Å²) in [6, 6.07) is 9.35. The quantitative estimate of drug-likeness (QED) is 0.752. The van der Waals surface area contributed by atoms with Crippen LogP contribution in [-0.4, -0.2) is 11.9 Å². The van der Waals surface area contributed by atoms with Crippen LogP contribution in [0, 0.1) is 12.5 Å². The second-order valence-electron chi connectivity index (χ2n) is 4.64. The van der Waals surface area contributed by atoms with E-state index in [0.29, 0.717) is 0 Å². The van der Waals surface area contributed by atoms with Crippen LogP contribution < -0.4 is 0 Å². The third kappa shape index (κ3) is 4.20. The Kier molecular flexibility index (Phi) is 4.89. The van der Waals surface area contributed by atoms with E-state index >= 15 is 0 Å². The molecule has 0 saturated carbocycles. The van der Waals surface area contributed by atoms with Crippen molar-refractivity contribution in [1.82, 2.24) is 0 Å². The number of carbonyl (C=O) groups excluding carboxylic acids is 2. The van der Waals surface area contributed by atoms with Gasteiger partial charge in [0.15, 0.2) is 0 Å². The molecule has 0 aliphatic heterocycles. The lowest BCUT2D eigenvalue weighted by Gasteiger charge is -2.19. The van der Waals surface area contributed by atoms with Gasteiger partial charge in [0.25, 0.3) is 0 Å². The summed E-state index contributed by atoms with van der Waals surface area (Å²) in [5.74, 6) is -0.964. The molecule has 0 fully saturated rings. The van der Waals surface area contributed by atoms with E-state index < -0.39 is 17.4 Å². The third-order valence-corrected chi connectivity index (χ3v) is 2.51. The number of ether oxygens (including phenoxy) is 2. The van der Waals surface area contributed by atoms with Crippen molar-refractivity contribution in [3.05, 3.63) is 43.0 Å². The average molecular weight is 249 g/mol. The lowest BCUT2D eigenvalue weighted by molar-refractivity contribution is -0.157. The number of hydrogen-bond donors (Lipinski definition) is 0. The molecule has 1 aromatic carbocycles. The van der Waals surface area contributed by atoms with Gasteiger partial charge in [-0.2, -0.15) is 0 Å². The molecule has 0 aliphatic rings. The fourth-order valence-electron chi connectivity index (χ4n) is 1.42. The number of carbonyl (C=O) groups is 2. The molecule has 1 aromatic rings. The van der Waals surface area contributed by atoms with E-state index in [1.54, 1.807) is 13.8 Å². The Balaban J connectivity index is 2.45. The van der Waals surface area contributed by atoms with Crippen LogP contribution in [-0.2, 0) is 25.7 Å². The van der Waals surface area contributed by atoms with Crippen molar-refractivity contribution >= 4 is 11.9 Å². The highest BCUT2D eigenvalue weighted by atomic mass is 16.5. The Morgan fingerprint density at radius 3 is 2.39 bits per heavy atom. The zero-order chi connectivity index (χ0) is 13.6. The summed E-state index contributed by atoms with van der Waals surface area (Å²) in [6.45, 7) is 3.43. The Labute approximate surface area is 107 Å². The largest absolute Gasteiger partial charge is 0.462 e. The van der Waals surface area contributed by atoms with Gasteiger partial charge in [-0.05, 0) is 19.4 Å². The van der Waals surface area contributed by atoms with Crippen LogP contribution in [0.15, 0.2) is 30.3 Å². The lowest BCUT2D eigenvalue weighted by Crippen LogP contribution is -2.28. The monoisotopic (exact) mass is 249 g/mol. The summed E-state index contributed by atoms with van der Waals surface area (Å²) < 4.78 is 9.47. The van der Waals surface area contributed by atoms with Crippen molar-refractivity contribution < 1.29 is 19.1 Å². The average Bonchev–Trinajstić information content (AvgIpc) is 2.36. The van der Waals surface area contributed by atoms with Gasteiger partial charge in [-0.3, -0.25) is 9.59 Å². The van der Waals surface area contributed by atoms with E-state index in [9.17, 15) is 9.59 Å². The van der Waals surface area contributed by atoms with Crippen LogP contribution in [0.25, 0.3) is 0 Å². The molecular weight excluding hydrogens is 232 g/mol. The summed E-state index contributed by atoms with van der Waals surface area (Å²) in [5.41, 5.74) is -0.0152. The van der Waals surface area contributed by atoms with Gasteiger partial charge in [-0.1, -0.05) is 30.3 Å². The van der Waals surface area contributed by atoms with Gasteiger partial charge in [-0.15, -0.1) is 0 Å². The van der Waals surface area contributed by atoms with Crippen LogP contribution in [0.3, 0.4) is 0 Å². The van der Waals surface area contributed by atoms with Crippen LogP contribution in [0.5, 0.6) is 0 Å². The first-order valence-electron chi connectivity index (χ1n) is 5.62. The van der Waals surface area contributed by atoms with Crippen molar-refractivity contribution in [2.45, 2.75) is 26.9 Å². The van der Waals surface area contributed by atoms with Crippen molar-refractivity contribution in [1.29, 1.82) is 0 Å². The smallest absolute Gasteiger partial charge is 0.312 e. The van der Waals surface area contributed by atoms with Crippen LogP contribution >= 0.6 is 0 Å². The highest BCUT2D eigenvalue weighted by Gasteiger charge is 2.32. The first kappa shape index (κ1) is 14.2. The van der Waals surface area contributed by atoms with E-state index in [4.69, 9.17) is 4.74 Å². The lowest BCUT2D eigenvalue weighted by atomic mass is 9.90. The Hall–Kier alpha value is -1.84. The molecule has 0 heterocycles. The maximum atomic E-state index is 11.6. The molecule has 0 aromatic heterocycles. The standard InChI is InChI=1S/C14H17O4/c1-14(2,13(16)17-3)9-12(15)18-10-11-7-5-4-6-8-11/h4-8H,3,9-10H2,1-2H3. The fourth-order valence-corrected chi connectivity index (χ4v) is 1.42. The summed E-state index contributed by atoms with van der Waals surface area (Å²) in [6.07, 6.45) is -0.0335. The molecule has 0 amide bonds. The molecule has 1 rings (SSSR count). The zero-order valence-electron chi connectivity index (χ0n) is 10.6. The minimum absolute atomic E-state index is 0.0335. The van der Waals surface area contributed by atoms with Crippen molar-refractivity contribution in [3.8, 4) is 0 Å². The highest BCUT2D eigenvalue weighted by Crippen LogP contribution is 2.23. The normalized spacial score (nSPS) is 10.8. The molecule has 0 bridgehead atoms. The van der Waals surface area contributed by atoms with Crippen molar-refractivity contribution in [2.24, 2.45) is 5.41 Å². The highest BCUT2D eigenvalue weighted by molar-refractivity contribution is 5.82. The predicted molar refractivity (Wildman–Crippen MR) is 66.1 cm³/mol. The van der Waals surface area contributed by atoms with E-state index in [2.05, 4.69) is 11.8 Å². The van der Waals surface area contributed by atoms with Gasteiger partial charge in [0.1, 0.15) is 13.7 Å². The summed E-state index contributed by atoms with van der Waals surface area (Å²) in [7, 11) is 3.05. The zero-order valence-corrected chi connectivity index (χ0v) is 10.6. The van der Waals surface area contributed by atoms with Gasteiger partial charge < -0.3 is 9.47 Å². The summed E-state index contributed by atoms with van der Waals surface area (Å²) in [5, 5.41) is 0. The Bertz CT molecular complexity index is 409. The second-order valence-corrected chi connectivity index (χ2v) is 4.64. The SMILES string of the molecule is [CH2]OC(=O)C(C)(C)CC(=O)OCc1ccccc1. The van der Waals surface area contributed by atoms with Gasteiger partial charge in [0.05, 0.1) is 11.8 Å². The molecule has 0 spiro atoms. The van der Waals surface area contributed by atoms with Crippen molar-refractivity contribution in [3.63, 3.8) is 0 Å². The van der Waals surface area contributed by atoms with Gasteiger partial charge in [0.2, 0.25) is 0 Å². The maximum Gasteiger partial charge on any atom is 0.312 e. The van der Waals surface area contributed by atoms with Gasteiger partial charge in [-0.25, -0.2) is 0 Å². The third-order valence-electron chi connectivity index (χ3n) is 2.51. The van der Waals surface area contributed by atoms with Crippen LogP contribution in [0.1, 0.15) is 25.8 Å². The number of hydrogen-bond acceptors (Lipinski definition) is 4. The fraction of sp³-hybridized carbons (Fsp3) is 0.357. The molecule has 4 heteroatoms. The number of rotatable bonds is 5. The van der Waals surface area contributed by atoms with E-state index in [1.165, 1.54) is 0 Å². The van der Waals surface area contributed by atoms with Gasteiger partial charge in [0, 0.05) is 0 Å². The molecule has 0 atom stereocenters. The van der Waals surface area contributed by atoms with Crippen LogP contribution in [0.4, 0.5) is 0 Å². The first-order chi connectivity index (χ1) is 8.45. The second kappa shape index (κ2) is 6.19. The first-order valence-corrected chi connectivity index (χ1v) is 5.62. The van der Waals surface area contributed by atoms with Gasteiger partial charge >= 0.3 is 11.9 Å². The predicted octanol–water partition coefficient (Wildman–Crippen LogP) is 2.48. The summed E-state index contributed by atoms with van der Waals surface area (Å²) >= 11 is 0. The van der Waals surface area contributed by atoms with E-state index in [0.717, 1.165) is 5.56 Å².